The number of rotatable bonds is 6. The second-order valence-electron chi connectivity index (χ2n) is 5.83. The number of anilines is 2. The number of benzene rings is 2. The van der Waals surface area contributed by atoms with Crippen molar-refractivity contribution in [2.24, 2.45) is 0 Å². The third kappa shape index (κ3) is 3.44. The summed E-state index contributed by atoms with van der Waals surface area (Å²) >= 11 is 11.6. The van der Waals surface area contributed by atoms with Crippen molar-refractivity contribution in [1.29, 1.82) is 0 Å². The van der Waals surface area contributed by atoms with Crippen LogP contribution in [0.4, 0.5) is 11.4 Å². The van der Waals surface area contributed by atoms with Crippen LogP contribution in [0, 0.1) is 0 Å². The van der Waals surface area contributed by atoms with Gasteiger partial charge in [-0.1, -0.05) is 12.1 Å². The quantitative estimate of drug-likeness (QED) is 0.606. The van der Waals surface area contributed by atoms with E-state index in [0.29, 0.717) is 6.54 Å². The van der Waals surface area contributed by atoms with Crippen LogP contribution in [-0.2, 0) is 6.42 Å². The molecule has 1 aliphatic carbocycles. The summed E-state index contributed by atoms with van der Waals surface area (Å²) in [6.07, 6.45) is 1.01. The summed E-state index contributed by atoms with van der Waals surface area (Å²) in [5, 5.41) is 3.29. The highest BCUT2D eigenvalue weighted by Crippen LogP contribution is 2.40. The maximum atomic E-state index is 5.81. The molecule has 3 rings (SSSR count). The lowest BCUT2D eigenvalue weighted by molar-refractivity contribution is 0.866. The highest BCUT2D eigenvalue weighted by Gasteiger charge is 2.20. The van der Waals surface area contributed by atoms with E-state index in [1.54, 1.807) is 0 Å². The lowest BCUT2D eigenvalue weighted by Gasteiger charge is -2.22. The summed E-state index contributed by atoms with van der Waals surface area (Å²) in [4.78, 5) is 1.98. The molecule has 0 amide bonds. The number of nitrogens with zero attached hydrogens (tertiary/aromatic N) is 1. The van der Waals surface area contributed by atoms with E-state index in [0.717, 1.165) is 25.2 Å². The zero-order valence-electron chi connectivity index (χ0n) is 13.6. The van der Waals surface area contributed by atoms with E-state index in [9.17, 15) is 0 Å². The number of alkyl halides is 2. The van der Waals surface area contributed by atoms with Crippen LogP contribution < -0.4 is 10.2 Å². The third-order valence-electron chi connectivity index (χ3n) is 4.46. The second kappa shape index (κ2) is 7.02. The van der Waals surface area contributed by atoms with Gasteiger partial charge in [0.2, 0.25) is 0 Å². The normalized spacial score (nSPS) is 12.2. The van der Waals surface area contributed by atoms with Crippen molar-refractivity contribution >= 4 is 34.6 Å². The van der Waals surface area contributed by atoms with Gasteiger partial charge in [0, 0.05) is 31.0 Å². The molecule has 0 radical (unpaired) electrons. The molecular weight excluding hydrogens is 327 g/mol. The molecule has 2 aromatic rings. The second-order valence-corrected chi connectivity index (χ2v) is 7.11. The van der Waals surface area contributed by atoms with E-state index >= 15 is 0 Å². The Kier molecular flexibility index (Phi) is 5.03. The summed E-state index contributed by atoms with van der Waals surface area (Å²) in [5.74, 6) is 0. The van der Waals surface area contributed by atoms with E-state index in [-0.39, 0.29) is 0 Å². The van der Waals surface area contributed by atoms with Gasteiger partial charge in [-0.25, -0.2) is 0 Å². The fourth-order valence-electron chi connectivity index (χ4n) is 3.25. The minimum Gasteiger partial charge on any atom is -0.382 e. The highest BCUT2D eigenvalue weighted by molar-refractivity contribution is 6.44. The molecule has 4 heteroatoms. The molecule has 0 bridgehead atoms. The minimum absolute atomic E-state index is 0.398. The number of hydrogen-bond acceptors (Lipinski definition) is 2. The van der Waals surface area contributed by atoms with Gasteiger partial charge < -0.3 is 10.2 Å². The average molecular weight is 349 g/mol. The fourth-order valence-corrected chi connectivity index (χ4v) is 3.40. The van der Waals surface area contributed by atoms with Gasteiger partial charge in [0.25, 0.3) is 0 Å². The van der Waals surface area contributed by atoms with E-state index in [4.69, 9.17) is 23.2 Å². The number of hydrogen-bond donors (Lipinski definition) is 1. The van der Waals surface area contributed by atoms with Crippen molar-refractivity contribution < 1.29 is 0 Å². The molecule has 1 N–H and O–H groups in total. The van der Waals surface area contributed by atoms with Gasteiger partial charge in [-0.05, 0) is 66.8 Å². The first kappa shape index (κ1) is 16.5. The van der Waals surface area contributed by atoms with Crippen molar-refractivity contribution in [2.75, 3.05) is 29.9 Å². The first-order valence-corrected chi connectivity index (χ1v) is 9.02. The summed E-state index contributed by atoms with van der Waals surface area (Å²) in [7, 11) is 0. The maximum Gasteiger partial charge on any atom is 0.124 e. The van der Waals surface area contributed by atoms with Crippen LogP contribution in [-0.4, -0.2) is 24.5 Å². The minimum atomic E-state index is -0.398. The van der Waals surface area contributed by atoms with Crippen molar-refractivity contribution in [3.05, 3.63) is 47.5 Å². The molecule has 1 aliphatic rings. The lowest BCUT2D eigenvalue weighted by Crippen LogP contribution is -2.21. The van der Waals surface area contributed by atoms with Gasteiger partial charge >= 0.3 is 0 Å². The van der Waals surface area contributed by atoms with Gasteiger partial charge in [-0.3, -0.25) is 0 Å². The van der Waals surface area contributed by atoms with Gasteiger partial charge in [-0.15, -0.1) is 23.2 Å². The van der Waals surface area contributed by atoms with Crippen molar-refractivity contribution in [3.8, 4) is 11.1 Å². The molecule has 2 nitrogen and oxygen atoms in total. The topological polar surface area (TPSA) is 15.3 Å². The van der Waals surface area contributed by atoms with E-state index in [1.165, 1.54) is 27.9 Å². The Morgan fingerprint density at radius 3 is 2.30 bits per heavy atom. The van der Waals surface area contributed by atoms with Crippen LogP contribution >= 0.6 is 23.2 Å². The lowest BCUT2D eigenvalue weighted by atomic mass is 10.0. The first-order chi connectivity index (χ1) is 11.1. The number of halogens is 2. The molecule has 0 fully saturated rings. The molecular formula is C19H22Cl2N2. The largest absolute Gasteiger partial charge is 0.382 e. The predicted molar refractivity (Wildman–Crippen MR) is 102 cm³/mol. The monoisotopic (exact) mass is 348 g/mol. The van der Waals surface area contributed by atoms with Crippen LogP contribution in [0.3, 0.4) is 0 Å². The van der Waals surface area contributed by atoms with Crippen molar-refractivity contribution in [3.63, 3.8) is 0 Å². The zero-order valence-corrected chi connectivity index (χ0v) is 15.1. The highest BCUT2D eigenvalue weighted by atomic mass is 35.5. The molecule has 0 saturated heterocycles. The van der Waals surface area contributed by atoms with Gasteiger partial charge in [0.15, 0.2) is 0 Å². The summed E-state index contributed by atoms with van der Waals surface area (Å²) < 4.78 is 0. The molecule has 0 aromatic heterocycles. The molecule has 2 aromatic carbocycles. The number of fused-ring (bicyclic) bond motifs is 3. The van der Waals surface area contributed by atoms with Gasteiger partial charge in [0.1, 0.15) is 4.84 Å². The van der Waals surface area contributed by atoms with E-state index < -0.39 is 4.84 Å². The fraction of sp³-hybridized carbons (Fsp3) is 0.368. The van der Waals surface area contributed by atoms with Crippen molar-refractivity contribution in [2.45, 2.75) is 25.1 Å². The van der Waals surface area contributed by atoms with Crippen molar-refractivity contribution in [1.82, 2.24) is 0 Å². The third-order valence-corrected chi connectivity index (χ3v) is 4.77. The Labute approximate surface area is 148 Å². The van der Waals surface area contributed by atoms with Crippen LogP contribution in [0.25, 0.3) is 11.1 Å². The molecule has 23 heavy (non-hydrogen) atoms. The molecule has 0 unspecified atom stereocenters. The van der Waals surface area contributed by atoms with Crippen LogP contribution in [0.1, 0.15) is 25.0 Å². The zero-order chi connectivity index (χ0) is 16.4. The molecule has 0 heterocycles. The van der Waals surface area contributed by atoms with Crippen LogP contribution in [0.2, 0.25) is 0 Å². The Morgan fingerprint density at radius 2 is 1.65 bits per heavy atom. The Balaban J connectivity index is 1.93. The SMILES string of the molecule is CCN(CC)c1ccc2c(c1)-c1cc(NCC(Cl)Cl)ccc1C2. The van der Waals surface area contributed by atoms with Gasteiger partial charge in [-0.2, -0.15) is 0 Å². The van der Waals surface area contributed by atoms with Gasteiger partial charge in [0.05, 0.1) is 0 Å². The molecule has 122 valence electrons. The Morgan fingerprint density at radius 1 is 1.00 bits per heavy atom. The Bertz CT molecular complexity index is 694. The predicted octanol–water partition coefficient (Wildman–Crippen LogP) is 5.32. The molecule has 0 aliphatic heterocycles. The smallest absolute Gasteiger partial charge is 0.124 e. The Hall–Kier alpha value is -1.38. The molecule has 0 atom stereocenters. The summed E-state index contributed by atoms with van der Waals surface area (Å²) in [5.41, 5.74) is 7.81. The van der Waals surface area contributed by atoms with E-state index in [1.807, 2.05) is 0 Å². The molecule has 0 saturated carbocycles. The van der Waals surface area contributed by atoms with Crippen LogP contribution in [0.15, 0.2) is 36.4 Å². The first-order valence-electron chi connectivity index (χ1n) is 8.15. The number of nitrogens with one attached hydrogen (secondary N) is 1. The molecule has 0 spiro atoms. The van der Waals surface area contributed by atoms with Crippen LogP contribution in [0.5, 0.6) is 0 Å². The standard InChI is InChI=1S/C19H22Cl2N2/c1-3-23(4-2)16-8-6-14-9-13-5-7-15(22-12-19(20)21)10-17(13)18(14)11-16/h5-8,10-11,19,22H,3-4,9,12H2,1-2H3. The maximum absolute atomic E-state index is 5.81. The average Bonchev–Trinajstić information content (AvgIpc) is 2.91. The summed E-state index contributed by atoms with van der Waals surface area (Å²) in [6, 6.07) is 13.3. The summed E-state index contributed by atoms with van der Waals surface area (Å²) in [6.45, 7) is 6.99. The van der Waals surface area contributed by atoms with E-state index in [2.05, 4.69) is 60.5 Å².